The number of nitrogens with zero attached hydrogens (tertiary/aromatic N) is 5. The standard InChI is InChI=1S/C20H23N5O3S/c1-3-16-21-17-18(24(16)2)22-20(23-19(17)25-6-8-26-9-7-25)29-11-13-4-5-14-15(10-13)28-12-27-14/h4-5,10H,3,6-9,11-12H2,1-2H3. The van der Waals surface area contributed by atoms with Crippen molar-refractivity contribution in [3.05, 3.63) is 29.6 Å². The monoisotopic (exact) mass is 413 g/mol. The van der Waals surface area contributed by atoms with Crippen molar-refractivity contribution in [2.75, 3.05) is 38.0 Å². The van der Waals surface area contributed by atoms with Gasteiger partial charge in [0.05, 0.1) is 13.2 Å². The smallest absolute Gasteiger partial charge is 0.231 e. The van der Waals surface area contributed by atoms with Crippen LogP contribution >= 0.6 is 11.8 Å². The molecule has 0 spiro atoms. The zero-order chi connectivity index (χ0) is 19.8. The summed E-state index contributed by atoms with van der Waals surface area (Å²) in [6.45, 7) is 5.44. The molecule has 0 N–H and O–H groups in total. The zero-order valence-corrected chi connectivity index (χ0v) is 17.4. The van der Waals surface area contributed by atoms with E-state index in [9.17, 15) is 0 Å². The fourth-order valence-corrected chi connectivity index (χ4v) is 4.40. The molecule has 0 atom stereocenters. The third-order valence-corrected chi connectivity index (χ3v) is 6.12. The molecule has 0 amide bonds. The molecule has 8 nitrogen and oxygen atoms in total. The Balaban J connectivity index is 1.47. The average Bonchev–Trinajstić information content (AvgIpc) is 3.36. The molecule has 5 rings (SSSR count). The number of aromatic nitrogens is 4. The Morgan fingerprint density at radius 2 is 1.90 bits per heavy atom. The number of fused-ring (bicyclic) bond motifs is 2. The van der Waals surface area contributed by atoms with Crippen molar-refractivity contribution in [1.82, 2.24) is 19.5 Å². The topological polar surface area (TPSA) is 74.5 Å². The van der Waals surface area contributed by atoms with Crippen LogP contribution in [0.3, 0.4) is 0 Å². The normalized spacial score (nSPS) is 16.0. The largest absolute Gasteiger partial charge is 0.454 e. The summed E-state index contributed by atoms with van der Waals surface area (Å²) in [7, 11) is 2.02. The van der Waals surface area contributed by atoms with Crippen LogP contribution < -0.4 is 14.4 Å². The first-order valence-corrected chi connectivity index (χ1v) is 10.8. The minimum atomic E-state index is 0.287. The first-order valence-electron chi connectivity index (χ1n) is 9.80. The van der Waals surface area contributed by atoms with E-state index in [2.05, 4.69) is 22.5 Å². The zero-order valence-electron chi connectivity index (χ0n) is 16.6. The number of thioether (sulfide) groups is 1. The highest BCUT2D eigenvalue weighted by atomic mass is 32.2. The molecule has 0 radical (unpaired) electrons. The van der Waals surface area contributed by atoms with Crippen LogP contribution in [0.5, 0.6) is 11.5 Å². The molecular formula is C20H23N5O3S. The van der Waals surface area contributed by atoms with E-state index in [-0.39, 0.29) is 6.79 Å². The molecule has 0 saturated carbocycles. The van der Waals surface area contributed by atoms with E-state index in [4.69, 9.17) is 29.2 Å². The summed E-state index contributed by atoms with van der Waals surface area (Å²) < 4.78 is 18.5. The maximum atomic E-state index is 5.52. The van der Waals surface area contributed by atoms with Crippen molar-refractivity contribution in [2.45, 2.75) is 24.3 Å². The van der Waals surface area contributed by atoms with Gasteiger partial charge in [-0.15, -0.1) is 0 Å². The molecule has 0 bridgehead atoms. The van der Waals surface area contributed by atoms with Crippen LogP contribution in [0.15, 0.2) is 23.4 Å². The van der Waals surface area contributed by atoms with E-state index >= 15 is 0 Å². The molecule has 0 aliphatic carbocycles. The molecule has 9 heteroatoms. The van der Waals surface area contributed by atoms with Crippen LogP contribution in [0.1, 0.15) is 18.3 Å². The van der Waals surface area contributed by atoms with Crippen molar-refractivity contribution in [2.24, 2.45) is 7.05 Å². The summed E-state index contributed by atoms with van der Waals surface area (Å²) in [5.74, 6) is 4.27. The van der Waals surface area contributed by atoms with Crippen molar-refractivity contribution in [1.29, 1.82) is 0 Å². The molecule has 152 valence electrons. The Morgan fingerprint density at radius 1 is 1.07 bits per heavy atom. The van der Waals surface area contributed by atoms with Gasteiger partial charge in [-0.05, 0) is 17.7 Å². The van der Waals surface area contributed by atoms with Crippen LogP contribution in [-0.4, -0.2) is 52.6 Å². The number of morpholine rings is 1. The Morgan fingerprint density at radius 3 is 2.72 bits per heavy atom. The summed E-state index contributed by atoms with van der Waals surface area (Å²) in [5, 5.41) is 0.752. The van der Waals surface area contributed by atoms with Crippen LogP contribution in [0.25, 0.3) is 11.2 Å². The molecular weight excluding hydrogens is 390 g/mol. The lowest BCUT2D eigenvalue weighted by atomic mass is 10.2. The summed E-state index contributed by atoms with van der Waals surface area (Å²) in [4.78, 5) is 16.8. The van der Waals surface area contributed by atoms with E-state index in [0.717, 1.165) is 70.3 Å². The number of imidazole rings is 1. The number of benzene rings is 1. The molecule has 1 saturated heterocycles. The van der Waals surface area contributed by atoms with E-state index in [1.165, 1.54) is 0 Å². The Bertz CT molecular complexity index is 1050. The SMILES string of the molecule is CCc1nc2c(N3CCOCC3)nc(SCc3ccc4c(c3)OCO4)nc2n1C. The third-order valence-electron chi connectivity index (χ3n) is 5.20. The van der Waals surface area contributed by atoms with Crippen LogP contribution in [0.2, 0.25) is 0 Å². The van der Waals surface area contributed by atoms with E-state index in [0.29, 0.717) is 13.2 Å². The number of aryl methyl sites for hydroxylation is 2. The second-order valence-corrected chi connectivity index (χ2v) is 7.96. The summed E-state index contributed by atoms with van der Waals surface area (Å²) in [6, 6.07) is 6.04. The van der Waals surface area contributed by atoms with Gasteiger partial charge >= 0.3 is 0 Å². The molecule has 3 aromatic rings. The average molecular weight is 414 g/mol. The van der Waals surface area contributed by atoms with Crippen molar-refractivity contribution >= 4 is 28.7 Å². The van der Waals surface area contributed by atoms with Gasteiger partial charge in [0.2, 0.25) is 6.79 Å². The van der Waals surface area contributed by atoms with Gasteiger partial charge in [0, 0.05) is 32.3 Å². The van der Waals surface area contributed by atoms with E-state index < -0.39 is 0 Å². The number of ether oxygens (including phenoxy) is 3. The van der Waals surface area contributed by atoms with Gasteiger partial charge in [0.15, 0.2) is 33.6 Å². The van der Waals surface area contributed by atoms with Gasteiger partial charge in [0.1, 0.15) is 5.82 Å². The first-order chi connectivity index (χ1) is 14.2. The highest BCUT2D eigenvalue weighted by Gasteiger charge is 2.22. The fourth-order valence-electron chi connectivity index (χ4n) is 3.63. The number of rotatable bonds is 5. The quantitative estimate of drug-likeness (QED) is 0.467. The second-order valence-electron chi connectivity index (χ2n) is 7.02. The summed E-state index contributed by atoms with van der Waals surface area (Å²) in [5.41, 5.74) is 2.90. The molecule has 2 aliphatic heterocycles. The fraction of sp³-hybridized carbons (Fsp3) is 0.450. The number of anilines is 1. The van der Waals surface area contributed by atoms with Gasteiger partial charge in [0.25, 0.3) is 0 Å². The number of hydrogen-bond acceptors (Lipinski definition) is 8. The van der Waals surface area contributed by atoms with Crippen molar-refractivity contribution in [3.63, 3.8) is 0 Å². The van der Waals surface area contributed by atoms with Crippen molar-refractivity contribution < 1.29 is 14.2 Å². The second kappa shape index (κ2) is 7.72. The molecule has 0 unspecified atom stereocenters. The van der Waals surface area contributed by atoms with Crippen LogP contribution in [-0.2, 0) is 24.0 Å². The maximum Gasteiger partial charge on any atom is 0.231 e. The predicted molar refractivity (Wildman–Crippen MR) is 111 cm³/mol. The molecule has 29 heavy (non-hydrogen) atoms. The maximum absolute atomic E-state index is 5.52. The van der Waals surface area contributed by atoms with Gasteiger partial charge in [-0.3, -0.25) is 0 Å². The molecule has 1 fully saturated rings. The first kappa shape index (κ1) is 18.5. The Hall–Kier alpha value is -2.52. The summed E-state index contributed by atoms with van der Waals surface area (Å²) >= 11 is 1.62. The van der Waals surface area contributed by atoms with Gasteiger partial charge in [-0.2, -0.15) is 0 Å². The van der Waals surface area contributed by atoms with Gasteiger partial charge in [-0.1, -0.05) is 24.8 Å². The Kier molecular flexibility index (Phi) is 4.92. The minimum absolute atomic E-state index is 0.287. The third kappa shape index (κ3) is 3.49. The van der Waals surface area contributed by atoms with E-state index in [1.54, 1.807) is 11.8 Å². The minimum Gasteiger partial charge on any atom is -0.454 e. The van der Waals surface area contributed by atoms with Gasteiger partial charge < -0.3 is 23.7 Å². The molecule has 2 aliphatic rings. The lowest BCUT2D eigenvalue weighted by molar-refractivity contribution is 0.122. The number of hydrogen-bond donors (Lipinski definition) is 0. The highest BCUT2D eigenvalue weighted by Crippen LogP contribution is 2.35. The predicted octanol–water partition coefficient (Wildman–Crippen LogP) is 2.78. The lowest BCUT2D eigenvalue weighted by Crippen LogP contribution is -2.37. The molecule has 2 aromatic heterocycles. The molecule has 1 aromatic carbocycles. The van der Waals surface area contributed by atoms with Crippen LogP contribution in [0.4, 0.5) is 5.82 Å². The molecule has 4 heterocycles. The van der Waals surface area contributed by atoms with Gasteiger partial charge in [-0.25, -0.2) is 15.0 Å². The highest BCUT2D eigenvalue weighted by molar-refractivity contribution is 7.98. The summed E-state index contributed by atoms with van der Waals surface area (Å²) in [6.07, 6.45) is 0.856. The van der Waals surface area contributed by atoms with Crippen molar-refractivity contribution in [3.8, 4) is 11.5 Å². The van der Waals surface area contributed by atoms with Crippen LogP contribution in [0, 0.1) is 0 Å². The lowest BCUT2D eigenvalue weighted by Gasteiger charge is -2.28. The Labute approximate surface area is 173 Å². The van der Waals surface area contributed by atoms with E-state index in [1.807, 2.05) is 19.2 Å².